The first-order chi connectivity index (χ1) is 8.67. The lowest BCUT2D eigenvalue weighted by molar-refractivity contribution is 0.0592. The van der Waals surface area contributed by atoms with E-state index in [1.165, 1.54) is 7.11 Å². The Morgan fingerprint density at radius 2 is 2.28 bits per heavy atom. The van der Waals surface area contributed by atoms with Gasteiger partial charge in [0.15, 0.2) is 5.69 Å². The number of aromatic nitrogens is 3. The zero-order valence-electron chi connectivity index (χ0n) is 10.1. The van der Waals surface area contributed by atoms with Gasteiger partial charge in [-0.1, -0.05) is 29.8 Å². The summed E-state index contributed by atoms with van der Waals surface area (Å²) in [6, 6.07) is 7.20. The van der Waals surface area contributed by atoms with E-state index in [1.807, 2.05) is 19.1 Å². The zero-order chi connectivity index (χ0) is 13.1. The molecule has 0 atom stereocenters. The smallest absolute Gasteiger partial charge is 0.360 e. The summed E-state index contributed by atoms with van der Waals surface area (Å²) < 4.78 is 6.27. The van der Waals surface area contributed by atoms with E-state index in [4.69, 9.17) is 11.6 Å². The maximum absolute atomic E-state index is 11.5. The van der Waals surface area contributed by atoms with Crippen LogP contribution in [0.15, 0.2) is 24.3 Å². The molecule has 0 amide bonds. The largest absolute Gasteiger partial charge is 0.464 e. The Morgan fingerprint density at radius 3 is 2.89 bits per heavy atom. The number of halogens is 1. The van der Waals surface area contributed by atoms with Gasteiger partial charge in [-0.15, -0.1) is 5.10 Å². The average Bonchev–Trinajstić information content (AvgIpc) is 2.81. The molecule has 2 aromatic rings. The van der Waals surface area contributed by atoms with Crippen molar-refractivity contribution in [3.8, 4) is 5.69 Å². The number of carbonyl (C=O) groups is 1. The molecule has 0 saturated heterocycles. The average molecular weight is 266 g/mol. The minimum absolute atomic E-state index is 0.236. The number of rotatable bonds is 3. The molecule has 1 heterocycles. The van der Waals surface area contributed by atoms with E-state index in [0.717, 1.165) is 5.69 Å². The summed E-state index contributed by atoms with van der Waals surface area (Å²) in [6.07, 6.45) is 0.615. The van der Waals surface area contributed by atoms with Crippen molar-refractivity contribution in [1.82, 2.24) is 15.0 Å². The Bertz CT molecular complexity index is 580. The van der Waals surface area contributed by atoms with Gasteiger partial charge in [-0.2, -0.15) is 0 Å². The monoisotopic (exact) mass is 265 g/mol. The fourth-order valence-electron chi connectivity index (χ4n) is 1.69. The predicted octanol–water partition coefficient (Wildman–Crippen LogP) is 2.27. The molecular formula is C12H12ClN3O2. The second-order valence-electron chi connectivity index (χ2n) is 3.62. The number of hydrogen-bond acceptors (Lipinski definition) is 4. The molecule has 1 aromatic carbocycles. The van der Waals surface area contributed by atoms with Crippen LogP contribution in [0.2, 0.25) is 5.02 Å². The molecule has 1 aromatic heterocycles. The number of benzene rings is 1. The van der Waals surface area contributed by atoms with Gasteiger partial charge in [0.05, 0.1) is 18.5 Å². The maximum atomic E-state index is 11.5. The van der Waals surface area contributed by atoms with Gasteiger partial charge in [0.25, 0.3) is 0 Å². The van der Waals surface area contributed by atoms with E-state index < -0.39 is 5.97 Å². The molecule has 2 rings (SSSR count). The summed E-state index contributed by atoms with van der Waals surface area (Å²) in [4.78, 5) is 11.5. The van der Waals surface area contributed by atoms with Gasteiger partial charge in [-0.3, -0.25) is 0 Å². The number of hydrogen-bond donors (Lipinski definition) is 0. The fourth-order valence-corrected chi connectivity index (χ4v) is 1.87. The molecule has 0 N–H and O–H groups in total. The molecule has 0 aliphatic rings. The minimum Gasteiger partial charge on any atom is -0.464 e. The third kappa shape index (κ3) is 2.22. The normalized spacial score (nSPS) is 10.4. The summed E-state index contributed by atoms with van der Waals surface area (Å²) >= 11 is 5.93. The lowest BCUT2D eigenvalue weighted by atomic mass is 10.2. The second-order valence-corrected chi connectivity index (χ2v) is 4.06. The minimum atomic E-state index is -0.486. The SMILES string of the molecule is CCc1c(C(=O)OC)nnn1-c1cccc(Cl)c1. The molecule has 6 heteroatoms. The van der Waals surface area contributed by atoms with Crippen LogP contribution in [-0.4, -0.2) is 28.1 Å². The van der Waals surface area contributed by atoms with Crippen molar-refractivity contribution in [2.75, 3.05) is 7.11 Å². The van der Waals surface area contributed by atoms with Gasteiger partial charge in [0.1, 0.15) is 0 Å². The first-order valence-corrected chi connectivity index (χ1v) is 5.84. The van der Waals surface area contributed by atoms with Crippen LogP contribution in [-0.2, 0) is 11.2 Å². The second kappa shape index (κ2) is 5.18. The first-order valence-electron chi connectivity index (χ1n) is 5.46. The number of methoxy groups -OCH3 is 1. The fraction of sp³-hybridized carbons (Fsp3) is 0.250. The number of carbonyl (C=O) groups excluding carboxylic acids is 1. The summed E-state index contributed by atoms with van der Waals surface area (Å²) in [7, 11) is 1.32. The Balaban J connectivity index is 2.52. The third-order valence-corrected chi connectivity index (χ3v) is 2.76. The van der Waals surface area contributed by atoms with Crippen molar-refractivity contribution in [1.29, 1.82) is 0 Å². The van der Waals surface area contributed by atoms with Crippen LogP contribution in [0.1, 0.15) is 23.1 Å². The van der Waals surface area contributed by atoms with Gasteiger partial charge in [0.2, 0.25) is 0 Å². The van der Waals surface area contributed by atoms with Crippen LogP contribution in [0.25, 0.3) is 5.69 Å². The topological polar surface area (TPSA) is 57.0 Å². The summed E-state index contributed by atoms with van der Waals surface area (Å²) in [6.45, 7) is 1.92. The van der Waals surface area contributed by atoms with Gasteiger partial charge >= 0.3 is 5.97 Å². The molecule has 94 valence electrons. The lowest BCUT2D eigenvalue weighted by Crippen LogP contribution is -2.07. The molecule has 0 aliphatic heterocycles. The molecule has 0 bridgehead atoms. The van der Waals surface area contributed by atoms with Crippen molar-refractivity contribution in [3.63, 3.8) is 0 Å². The Hall–Kier alpha value is -1.88. The van der Waals surface area contributed by atoms with Crippen LogP contribution in [0.4, 0.5) is 0 Å². The van der Waals surface area contributed by atoms with Crippen molar-refractivity contribution < 1.29 is 9.53 Å². The van der Waals surface area contributed by atoms with E-state index in [-0.39, 0.29) is 5.69 Å². The van der Waals surface area contributed by atoms with Crippen LogP contribution in [0, 0.1) is 0 Å². The number of ether oxygens (including phenoxy) is 1. The zero-order valence-corrected chi connectivity index (χ0v) is 10.8. The van der Waals surface area contributed by atoms with E-state index in [9.17, 15) is 4.79 Å². The van der Waals surface area contributed by atoms with Crippen molar-refractivity contribution >= 4 is 17.6 Å². The summed E-state index contributed by atoms with van der Waals surface area (Å²) in [5.74, 6) is -0.486. The lowest BCUT2D eigenvalue weighted by Gasteiger charge is -2.05. The predicted molar refractivity (Wildman–Crippen MR) is 67.1 cm³/mol. The standard InChI is InChI=1S/C12H12ClN3O2/c1-3-10-11(12(17)18-2)14-15-16(10)9-6-4-5-8(13)7-9/h4-7H,3H2,1-2H3. The van der Waals surface area contributed by atoms with Gasteiger partial charge < -0.3 is 4.74 Å². The maximum Gasteiger partial charge on any atom is 0.360 e. The van der Waals surface area contributed by atoms with Gasteiger partial charge in [-0.25, -0.2) is 9.48 Å². The van der Waals surface area contributed by atoms with Crippen LogP contribution in [0.5, 0.6) is 0 Å². The highest BCUT2D eigenvalue weighted by Gasteiger charge is 2.19. The summed E-state index contributed by atoms with van der Waals surface area (Å²) in [5.41, 5.74) is 1.70. The third-order valence-electron chi connectivity index (χ3n) is 2.53. The van der Waals surface area contributed by atoms with Crippen molar-refractivity contribution in [3.05, 3.63) is 40.7 Å². The van der Waals surface area contributed by atoms with Crippen molar-refractivity contribution in [2.45, 2.75) is 13.3 Å². The molecule has 0 unspecified atom stereocenters. The molecular weight excluding hydrogens is 254 g/mol. The van der Waals surface area contributed by atoms with E-state index in [0.29, 0.717) is 17.1 Å². The molecule has 0 radical (unpaired) electrons. The van der Waals surface area contributed by atoms with Crippen molar-refractivity contribution in [2.24, 2.45) is 0 Å². The molecule has 0 aliphatic carbocycles. The first kappa shape index (κ1) is 12.6. The van der Waals surface area contributed by atoms with E-state index in [2.05, 4.69) is 15.0 Å². The van der Waals surface area contributed by atoms with Gasteiger partial charge in [0, 0.05) is 5.02 Å². The molecule has 0 saturated carbocycles. The Kier molecular flexibility index (Phi) is 3.62. The van der Waals surface area contributed by atoms with Crippen LogP contribution >= 0.6 is 11.6 Å². The highest BCUT2D eigenvalue weighted by Crippen LogP contribution is 2.18. The highest BCUT2D eigenvalue weighted by atomic mass is 35.5. The molecule has 0 fully saturated rings. The van der Waals surface area contributed by atoms with Crippen LogP contribution in [0.3, 0.4) is 0 Å². The van der Waals surface area contributed by atoms with Gasteiger partial charge in [-0.05, 0) is 24.6 Å². The molecule has 0 spiro atoms. The molecule has 18 heavy (non-hydrogen) atoms. The van der Waals surface area contributed by atoms with E-state index in [1.54, 1.807) is 16.8 Å². The summed E-state index contributed by atoms with van der Waals surface area (Å²) in [5, 5.41) is 8.44. The Morgan fingerprint density at radius 1 is 1.50 bits per heavy atom. The van der Waals surface area contributed by atoms with E-state index >= 15 is 0 Å². The Labute approximate surface area is 109 Å². The number of esters is 1. The highest BCUT2D eigenvalue weighted by molar-refractivity contribution is 6.30. The quantitative estimate of drug-likeness (QED) is 0.799. The van der Waals surface area contributed by atoms with Crippen LogP contribution < -0.4 is 0 Å². The molecule has 5 nitrogen and oxygen atoms in total. The number of nitrogens with zero attached hydrogens (tertiary/aromatic N) is 3.